The van der Waals surface area contributed by atoms with Crippen LogP contribution in [-0.2, 0) is 22.4 Å². The minimum absolute atomic E-state index is 0.0930. The number of aromatic amines is 2. The number of nitrogens with one attached hydrogen (secondary N) is 2. The van der Waals surface area contributed by atoms with Gasteiger partial charge in [0.25, 0.3) is 5.91 Å². The summed E-state index contributed by atoms with van der Waals surface area (Å²) in [7, 11) is 0. The van der Waals surface area contributed by atoms with E-state index in [0.717, 1.165) is 105 Å². The topological polar surface area (TPSA) is 122 Å². The normalized spacial score (nSPS) is 22.0. The fourth-order valence-electron chi connectivity index (χ4n) is 8.57. The fraction of sp³-hybridized carbons (Fsp3) is 0.513. The van der Waals surface area contributed by atoms with Gasteiger partial charge in [-0.05, 0) is 87.1 Å². The SMILES string of the molecule is C[C@@H]1CN(CC2CCN(c3ccc(N4C(=O)CCCC4=O)cn3)CC2)CCN1C(=O)c1ccc2cc(-c3n[nH]c4c3CCC(C)(C)C4)[nH]c2c1. The van der Waals surface area contributed by atoms with Crippen LogP contribution in [0.4, 0.5) is 11.5 Å². The lowest BCUT2D eigenvalue weighted by atomic mass is 9.76. The van der Waals surface area contributed by atoms with Crippen LogP contribution in [0.1, 0.15) is 80.9 Å². The van der Waals surface area contributed by atoms with Crippen molar-refractivity contribution < 1.29 is 14.4 Å². The fourth-order valence-corrected chi connectivity index (χ4v) is 8.57. The molecule has 262 valence electrons. The van der Waals surface area contributed by atoms with E-state index < -0.39 is 0 Å². The molecule has 0 saturated carbocycles. The lowest BCUT2D eigenvalue weighted by Gasteiger charge is -2.42. The van der Waals surface area contributed by atoms with Gasteiger partial charge >= 0.3 is 0 Å². The molecule has 0 bridgehead atoms. The molecule has 11 heteroatoms. The number of carbonyl (C=O) groups is 3. The predicted molar refractivity (Wildman–Crippen MR) is 194 cm³/mol. The highest BCUT2D eigenvalue weighted by atomic mass is 16.2. The molecule has 3 fully saturated rings. The van der Waals surface area contributed by atoms with Crippen molar-refractivity contribution in [1.29, 1.82) is 0 Å². The van der Waals surface area contributed by atoms with E-state index in [9.17, 15) is 14.4 Å². The Morgan fingerprint density at radius 2 is 1.78 bits per heavy atom. The third-order valence-electron chi connectivity index (χ3n) is 11.5. The summed E-state index contributed by atoms with van der Waals surface area (Å²) in [5, 5.41) is 9.08. The number of carbonyl (C=O) groups excluding carboxylic acids is 3. The van der Waals surface area contributed by atoms with Crippen LogP contribution < -0.4 is 9.80 Å². The summed E-state index contributed by atoms with van der Waals surface area (Å²) in [6.07, 6.45) is 8.45. The molecule has 1 aliphatic carbocycles. The Hall–Kier alpha value is -4.51. The molecule has 3 aromatic heterocycles. The van der Waals surface area contributed by atoms with Gasteiger partial charge < -0.3 is 14.8 Å². The number of H-pyrrole nitrogens is 2. The number of hydrogen-bond donors (Lipinski definition) is 2. The maximum Gasteiger partial charge on any atom is 0.254 e. The second-order valence-corrected chi connectivity index (χ2v) is 15.7. The Bertz CT molecular complexity index is 1900. The Balaban J connectivity index is 0.844. The number of aromatic nitrogens is 4. The summed E-state index contributed by atoms with van der Waals surface area (Å²) >= 11 is 0. The number of fused-ring (bicyclic) bond motifs is 2. The first-order valence-electron chi connectivity index (χ1n) is 18.4. The molecule has 50 heavy (non-hydrogen) atoms. The van der Waals surface area contributed by atoms with Crippen molar-refractivity contribution in [3.63, 3.8) is 0 Å². The van der Waals surface area contributed by atoms with Gasteiger partial charge in [-0.3, -0.25) is 24.4 Å². The van der Waals surface area contributed by atoms with Crippen molar-refractivity contribution in [2.75, 3.05) is 49.1 Å². The van der Waals surface area contributed by atoms with Crippen LogP contribution in [0.15, 0.2) is 42.6 Å². The van der Waals surface area contributed by atoms with E-state index >= 15 is 0 Å². The molecule has 6 heterocycles. The second-order valence-electron chi connectivity index (χ2n) is 15.7. The van der Waals surface area contributed by atoms with Gasteiger partial charge in [0.05, 0.1) is 17.6 Å². The number of anilines is 2. The Morgan fingerprint density at radius 3 is 2.52 bits per heavy atom. The average Bonchev–Trinajstić information content (AvgIpc) is 3.71. The van der Waals surface area contributed by atoms with Crippen LogP contribution in [0.2, 0.25) is 0 Å². The van der Waals surface area contributed by atoms with Crippen molar-refractivity contribution in [3.05, 3.63) is 59.4 Å². The molecule has 0 radical (unpaired) electrons. The second kappa shape index (κ2) is 13.0. The first-order valence-corrected chi connectivity index (χ1v) is 18.4. The number of hydrogen-bond acceptors (Lipinski definition) is 7. The Labute approximate surface area is 293 Å². The van der Waals surface area contributed by atoms with E-state index in [4.69, 9.17) is 5.10 Å². The maximum absolute atomic E-state index is 13.8. The van der Waals surface area contributed by atoms with Gasteiger partial charge in [-0.25, -0.2) is 9.88 Å². The standard InChI is InChI=1S/C39H48N8O3/c1-25-23-44(24-26-12-15-45(16-13-26)34-10-9-29(22-40-34)47-35(48)5-4-6-36(47)49)17-18-46(25)38(50)28-8-7-27-19-32(41-31(27)20-28)37-30-11-14-39(2,3)21-33(30)42-43-37/h7-10,19-20,22,25-26,41H,4-6,11-18,21,23-24H2,1-3H3,(H,42,43)/t25-/m1/s1. The third kappa shape index (κ3) is 6.32. The van der Waals surface area contributed by atoms with E-state index in [1.165, 1.54) is 16.2 Å². The number of piperidine rings is 2. The number of benzene rings is 1. The quantitative estimate of drug-likeness (QED) is 0.256. The summed E-state index contributed by atoms with van der Waals surface area (Å²) in [4.78, 5) is 54.7. The van der Waals surface area contributed by atoms with Gasteiger partial charge in [0.2, 0.25) is 11.8 Å². The van der Waals surface area contributed by atoms with Gasteiger partial charge in [-0.2, -0.15) is 5.10 Å². The number of nitrogens with zero attached hydrogens (tertiary/aromatic N) is 6. The Kier molecular flexibility index (Phi) is 8.49. The van der Waals surface area contributed by atoms with Crippen molar-refractivity contribution >= 4 is 40.1 Å². The van der Waals surface area contributed by atoms with E-state index in [1.54, 1.807) is 6.20 Å². The van der Waals surface area contributed by atoms with Crippen LogP contribution >= 0.6 is 0 Å². The zero-order valence-corrected chi connectivity index (χ0v) is 29.5. The highest BCUT2D eigenvalue weighted by Crippen LogP contribution is 2.38. The summed E-state index contributed by atoms with van der Waals surface area (Å²) in [5.41, 5.74) is 7.13. The molecular formula is C39H48N8O3. The molecule has 0 spiro atoms. The van der Waals surface area contributed by atoms with Crippen LogP contribution in [0.25, 0.3) is 22.3 Å². The number of piperazine rings is 1. The Morgan fingerprint density at radius 1 is 0.980 bits per heavy atom. The number of imide groups is 1. The van der Waals surface area contributed by atoms with Crippen molar-refractivity contribution in [2.24, 2.45) is 11.3 Å². The smallest absolute Gasteiger partial charge is 0.254 e. The molecule has 8 rings (SSSR count). The molecule has 4 aromatic rings. The first-order chi connectivity index (χ1) is 24.1. The monoisotopic (exact) mass is 676 g/mol. The van der Waals surface area contributed by atoms with Crippen molar-refractivity contribution in [3.8, 4) is 11.4 Å². The van der Waals surface area contributed by atoms with E-state index in [2.05, 4.69) is 57.8 Å². The summed E-state index contributed by atoms with van der Waals surface area (Å²) in [6, 6.07) is 12.1. The molecule has 0 unspecified atom stereocenters. The number of rotatable bonds is 6. The lowest BCUT2D eigenvalue weighted by molar-refractivity contribution is -0.129. The maximum atomic E-state index is 13.8. The summed E-state index contributed by atoms with van der Waals surface area (Å²) in [5.74, 6) is 1.30. The number of amides is 3. The molecule has 2 N–H and O–H groups in total. The van der Waals surface area contributed by atoms with Crippen LogP contribution in [0.5, 0.6) is 0 Å². The molecule has 3 aliphatic heterocycles. The minimum Gasteiger partial charge on any atom is -0.357 e. The first kappa shape index (κ1) is 32.7. The highest BCUT2D eigenvalue weighted by molar-refractivity contribution is 6.16. The highest BCUT2D eigenvalue weighted by Gasteiger charge is 2.32. The lowest BCUT2D eigenvalue weighted by Crippen LogP contribution is -2.55. The van der Waals surface area contributed by atoms with Gasteiger partial charge in [0.15, 0.2) is 0 Å². The molecule has 4 aliphatic rings. The summed E-state index contributed by atoms with van der Waals surface area (Å²) in [6.45, 7) is 12.2. The zero-order chi connectivity index (χ0) is 34.6. The largest absolute Gasteiger partial charge is 0.357 e. The molecule has 3 saturated heterocycles. The van der Waals surface area contributed by atoms with E-state index in [0.29, 0.717) is 36.3 Å². The summed E-state index contributed by atoms with van der Waals surface area (Å²) < 4.78 is 0. The van der Waals surface area contributed by atoms with Crippen LogP contribution in [0, 0.1) is 11.3 Å². The van der Waals surface area contributed by atoms with E-state index in [1.807, 2.05) is 29.2 Å². The van der Waals surface area contributed by atoms with Gasteiger partial charge in [-0.1, -0.05) is 19.9 Å². The predicted octanol–water partition coefficient (Wildman–Crippen LogP) is 5.57. The van der Waals surface area contributed by atoms with Gasteiger partial charge in [0.1, 0.15) is 11.5 Å². The zero-order valence-electron chi connectivity index (χ0n) is 29.5. The van der Waals surface area contributed by atoms with E-state index in [-0.39, 0.29) is 23.8 Å². The molecule has 1 atom stereocenters. The van der Waals surface area contributed by atoms with Gasteiger partial charge in [0, 0.05) is 85.9 Å². The molecular weight excluding hydrogens is 628 g/mol. The molecule has 1 aromatic carbocycles. The van der Waals surface area contributed by atoms with Crippen molar-refractivity contribution in [2.45, 2.75) is 78.2 Å². The molecule has 11 nitrogen and oxygen atoms in total. The minimum atomic E-state index is -0.142. The van der Waals surface area contributed by atoms with Gasteiger partial charge in [-0.15, -0.1) is 0 Å². The van der Waals surface area contributed by atoms with Crippen LogP contribution in [0.3, 0.4) is 0 Å². The third-order valence-corrected chi connectivity index (χ3v) is 11.5. The van der Waals surface area contributed by atoms with Crippen molar-refractivity contribution in [1.82, 2.24) is 30.0 Å². The average molecular weight is 677 g/mol. The van der Waals surface area contributed by atoms with Crippen LogP contribution in [-0.4, -0.2) is 93.0 Å². The number of pyridine rings is 1. The molecule has 3 amide bonds.